The van der Waals surface area contributed by atoms with Crippen molar-refractivity contribution < 1.29 is 13.9 Å². The van der Waals surface area contributed by atoms with Crippen LogP contribution in [0.4, 0.5) is 15.0 Å². The molecule has 0 saturated carbocycles. The minimum absolute atomic E-state index is 0.00967. The van der Waals surface area contributed by atoms with E-state index in [0.717, 1.165) is 24.4 Å². The number of rotatable bonds is 4. The quantitative estimate of drug-likeness (QED) is 0.577. The largest absolute Gasteiger partial charge is 0.453 e. The molecule has 4 rings (SSSR count). The number of pyridine rings is 1. The van der Waals surface area contributed by atoms with Gasteiger partial charge in [0.15, 0.2) is 17.5 Å². The number of H-pyrrole nitrogens is 1. The number of methoxy groups -OCH3 is 1. The van der Waals surface area contributed by atoms with Gasteiger partial charge in [0.2, 0.25) is 0 Å². The molecule has 158 valence electrons. The summed E-state index contributed by atoms with van der Waals surface area (Å²) in [6.45, 7) is 0.586. The third-order valence-electron chi connectivity index (χ3n) is 5.22. The predicted octanol–water partition coefficient (Wildman–Crippen LogP) is 3.13. The summed E-state index contributed by atoms with van der Waals surface area (Å²) in [7, 11) is 1.31. The van der Waals surface area contributed by atoms with E-state index in [9.17, 15) is 9.18 Å². The Kier molecular flexibility index (Phi) is 5.44. The van der Waals surface area contributed by atoms with Gasteiger partial charge in [-0.1, -0.05) is 11.6 Å². The maximum absolute atomic E-state index is 14.4. The third kappa shape index (κ3) is 3.75. The molecule has 4 N–H and O–H groups in total. The number of aromatic nitrogens is 4. The number of nitrogens with two attached hydrogens (primary N) is 1. The Morgan fingerprint density at radius 1 is 1.43 bits per heavy atom. The molecule has 0 bridgehead atoms. The summed E-state index contributed by atoms with van der Waals surface area (Å²) in [5.41, 5.74) is 6.71. The van der Waals surface area contributed by atoms with Crippen molar-refractivity contribution in [1.29, 1.82) is 0 Å². The standard InChI is InChI=1S/C19H21ClFN7O2/c1-30-18(29)28-5-3-2-4-19(28,22)10-26-17-14(21)9-25-16(27-17)13-8-24-15-12(13)6-11(20)7-23-15/h6-9H,2-5,10,22H2,1H3,(H,23,24)(H,25,26,27)/t19-/m1/s1. The molecule has 3 aromatic rings. The van der Waals surface area contributed by atoms with Gasteiger partial charge >= 0.3 is 6.09 Å². The molecular formula is C19H21ClFN7O2. The SMILES string of the molecule is COC(=O)N1CCCC[C@]1(N)CNc1nc(-c2c[nH]c3ncc(Cl)cc23)ncc1F. The highest BCUT2D eigenvalue weighted by Crippen LogP contribution is 2.29. The molecule has 0 unspecified atom stereocenters. The Bertz CT molecular complexity index is 1090. The van der Waals surface area contributed by atoms with E-state index in [1.807, 2.05) is 0 Å². The van der Waals surface area contributed by atoms with Crippen LogP contribution < -0.4 is 11.1 Å². The van der Waals surface area contributed by atoms with E-state index in [0.29, 0.717) is 35.0 Å². The van der Waals surface area contributed by atoms with Crippen molar-refractivity contribution >= 4 is 34.5 Å². The predicted molar refractivity (Wildman–Crippen MR) is 110 cm³/mol. The number of nitrogens with one attached hydrogen (secondary N) is 2. The molecule has 1 amide bonds. The number of piperidine rings is 1. The van der Waals surface area contributed by atoms with E-state index in [4.69, 9.17) is 22.1 Å². The second-order valence-electron chi connectivity index (χ2n) is 7.18. The lowest BCUT2D eigenvalue weighted by molar-refractivity contribution is 0.0463. The van der Waals surface area contributed by atoms with Gasteiger partial charge in [0.05, 0.1) is 24.9 Å². The van der Waals surface area contributed by atoms with Gasteiger partial charge in [-0.15, -0.1) is 0 Å². The normalized spacial score (nSPS) is 19.1. The fourth-order valence-corrected chi connectivity index (χ4v) is 3.80. The molecule has 11 heteroatoms. The lowest BCUT2D eigenvalue weighted by Gasteiger charge is -2.43. The zero-order valence-electron chi connectivity index (χ0n) is 16.3. The summed E-state index contributed by atoms with van der Waals surface area (Å²) in [4.78, 5) is 29.2. The number of likely N-dealkylation sites (tertiary alicyclic amines) is 1. The molecule has 1 atom stereocenters. The average molecular weight is 434 g/mol. The summed E-state index contributed by atoms with van der Waals surface area (Å²) in [6.07, 6.45) is 6.04. The summed E-state index contributed by atoms with van der Waals surface area (Å²) < 4.78 is 19.3. The number of hydrogen-bond acceptors (Lipinski definition) is 7. The molecular weight excluding hydrogens is 413 g/mol. The van der Waals surface area contributed by atoms with E-state index in [-0.39, 0.29) is 12.4 Å². The van der Waals surface area contributed by atoms with Gasteiger partial charge in [0.1, 0.15) is 11.3 Å². The smallest absolute Gasteiger partial charge is 0.411 e. The van der Waals surface area contributed by atoms with Crippen molar-refractivity contribution in [3.8, 4) is 11.4 Å². The van der Waals surface area contributed by atoms with E-state index in [2.05, 4.69) is 25.3 Å². The molecule has 0 aliphatic carbocycles. The first-order valence-electron chi connectivity index (χ1n) is 9.45. The second-order valence-corrected chi connectivity index (χ2v) is 7.61. The minimum Gasteiger partial charge on any atom is -0.453 e. The highest BCUT2D eigenvalue weighted by molar-refractivity contribution is 6.31. The number of ether oxygens (including phenoxy) is 1. The zero-order valence-corrected chi connectivity index (χ0v) is 17.0. The fraction of sp³-hybridized carbons (Fsp3) is 0.368. The first-order chi connectivity index (χ1) is 14.4. The van der Waals surface area contributed by atoms with Gasteiger partial charge in [-0.2, -0.15) is 0 Å². The average Bonchev–Trinajstić information content (AvgIpc) is 3.16. The number of carbonyl (C=O) groups excluding carboxylic acids is 1. The molecule has 30 heavy (non-hydrogen) atoms. The van der Waals surface area contributed by atoms with Crippen molar-refractivity contribution in [3.63, 3.8) is 0 Å². The first kappa shape index (κ1) is 20.3. The number of nitrogens with zero attached hydrogens (tertiary/aromatic N) is 4. The van der Waals surface area contributed by atoms with Crippen molar-refractivity contribution in [1.82, 2.24) is 24.8 Å². The van der Waals surface area contributed by atoms with Crippen molar-refractivity contribution in [3.05, 3.63) is 35.5 Å². The number of fused-ring (bicyclic) bond motifs is 1. The van der Waals surface area contributed by atoms with Gasteiger partial charge in [0.25, 0.3) is 0 Å². The van der Waals surface area contributed by atoms with Crippen molar-refractivity contribution in [2.24, 2.45) is 5.73 Å². The Morgan fingerprint density at radius 3 is 3.07 bits per heavy atom. The van der Waals surface area contributed by atoms with Gasteiger partial charge in [0, 0.05) is 29.9 Å². The number of aromatic amines is 1. The Balaban J connectivity index is 1.61. The zero-order chi connectivity index (χ0) is 21.3. The number of halogens is 2. The molecule has 9 nitrogen and oxygen atoms in total. The molecule has 1 aliphatic rings. The number of carbonyl (C=O) groups is 1. The Hall–Kier alpha value is -2.98. The number of anilines is 1. The molecule has 1 aliphatic heterocycles. The monoisotopic (exact) mass is 433 g/mol. The number of hydrogen-bond donors (Lipinski definition) is 3. The lowest BCUT2D eigenvalue weighted by Crippen LogP contribution is -2.64. The molecule has 0 radical (unpaired) electrons. The van der Waals surface area contributed by atoms with Crippen LogP contribution in [0.15, 0.2) is 24.7 Å². The first-order valence-corrected chi connectivity index (χ1v) is 9.83. The van der Waals surface area contributed by atoms with Crippen LogP contribution in [0.1, 0.15) is 19.3 Å². The van der Waals surface area contributed by atoms with Gasteiger partial charge in [-0.3, -0.25) is 4.90 Å². The highest BCUT2D eigenvalue weighted by atomic mass is 35.5. The summed E-state index contributed by atoms with van der Waals surface area (Å²) >= 11 is 6.05. The summed E-state index contributed by atoms with van der Waals surface area (Å²) in [5.74, 6) is -0.336. The van der Waals surface area contributed by atoms with Crippen molar-refractivity contribution in [2.45, 2.75) is 24.9 Å². The Morgan fingerprint density at radius 2 is 2.27 bits per heavy atom. The van der Waals surface area contributed by atoms with E-state index in [1.165, 1.54) is 18.2 Å². The van der Waals surface area contributed by atoms with Gasteiger partial charge in [-0.05, 0) is 25.3 Å². The maximum Gasteiger partial charge on any atom is 0.411 e. The van der Waals surface area contributed by atoms with Gasteiger partial charge < -0.3 is 20.8 Å². The van der Waals surface area contributed by atoms with Crippen LogP contribution >= 0.6 is 11.6 Å². The van der Waals surface area contributed by atoms with Crippen LogP contribution in [-0.4, -0.2) is 56.8 Å². The van der Waals surface area contributed by atoms with E-state index >= 15 is 0 Å². The van der Waals surface area contributed by atoms with E-state index < -0.39 is 17.6 Å². The van der Waals surface area contributed by atoms with Crippen LogP contribution in [0, 0.1) is 5.82 Å². The number of amides is 1. The molecule has 1 saturated heterocycles. The molecule has 4 heterocycles. The highest BCUT2D eigenvalue weighted by Gasteiger charge is 2.39. The van der Waals surface area contributed by atoms with Crippen LogP contribution in [0.2, 0.25) is 5.02 Å². The topological polar surface area (TPSA) is 122 Å². The third-order valence-corrected chi connectivity index (χ3v) is 5.43. The fourth-order valence-electron chi connectivity index (χ4n) is 3.65. The summed E-state index contributed by atoms with van der Waals surface area (Å²) in [6, 6.07) is 1.74. The van der Waals surface area contributed by atoms with Crippen molar-refractivity contribution in [2.75, 3.05) is 25.5 Å². The maximum atomic E-state index is 14.4. The van der Waals surface area contributed by atoms with E-state index in [1.54, 1.807) is 12.3 Å². The molecule has 3 aromatic heterocycles. The summed E-state index contributed by atoms with van der Waals surface area (Å²) in [5, 5.41) is 4.13. The van der Waals surface area contributed by atoms with Crippen LogP contribution in [0.5, 0.6) is 0 Å². The minimum atomic E-state index is -1.01. The molecule has 0 spiro atoms. The van der Waals surface area contributed by atoms with Crippen LogP contribution in [-0.2, 0) is 4.74 Å². The second kappa shape index (κ2) is 8.04. The Labute approximate surface area is 176 Å². The van der Waals surface area contributed by atoms with Crippen LogP contribution in [0.3, 0.4) is 0 Å². The lowest BCUT2D eigenvalue weighted by atomic mass is 9.96. The molecule has 0 aromatic carbocycles. The van der Waals surface area contributed by atoms with Crippen LogP contribution in [0.25, 0.3) is 22.4 Å². The molecule has 1 fully saturated rings. The van der Waals surface area contributed by atoms with Gasteiger partial charge in [-0.25, -0.2) is 24.1 Å².